The predicted molar refractivity (Wildman–Crippen MR) is 90.7 cm³/mol. The van der Waals surface area contributed by atoms with Gasteiger partial charge in [-0.25, -0.2) is 8.42 Å². The third-order valence-electron chi connectivity index (χ3n) is 3.50. The van der Waals surface area contributed by atoms with Crippen LogP contribution in [0.15, 0.2) is 81.1 Å². The maximum atomic E-state index is 12.6. The van der Waals surface area contributed by atoms with Crippen molar-refractivity contribution in [2.45, 2.75) is 16.7 Å². The number of benzene rings is 2. The van der Waals surface area contributed by atoms with Crippen molar-refractivity contribution in [3.63, 3.8) is 0 Å². The van der Waals surface area contributed by atoms with Crippen molar-refractivity contribution in [1.29, 1.82) is 0 Å². The van der Waals surface area contributed by atoms with E-state index in [1.165, 1.54) is 0 Å². The summed E-state index contributed by atoms with van der Waals surface area (Å²) in [5.41, 5.74) is 1.94. The zero-order valence-corrected chi connectivity index (χ0v) is 13.5. The summed E-state index contributed by atoms with van der Waals surface area (Å²) in [7, 11) is -3.47. The number of rotatable bonds is 4. The minimum absolute atomic E-state index is 0.288. The van der Waals surface area contributed by atoms with Crippen LogP contribution in [0.25, 0.3) is 12.2 Å². The minimum Gasteiger partial charge on any atom is -0.465 e. The van der Waals surface area contributed by atoms with E-state index in [1.807, 2.05) is 31.2 Å². The van der Waals surface area contributed by atoms with Crippen molar-refractivity contribution in [1.82, 2.24) is 0 Å². The first-order chi connectivity index (χ1) is 11.1. The van der Waals surface area contributed by atoms with Gasteiger partial charge in [-0.3, -0.25) is 0 Å². The second kappa shape index (κ2) is 6.26. The van der Waals surface area contributed by atoms with E-state index >= 15 is 0 Å². The highest BCUT2D eigenvalue weighted by atomic mass is 32.2. The summed E-state index contributed by atoms with van der Waals surface area (Å²) in [5, 5.41) is 0. The predicted octanol–water partition coefficient (Wildman–Crippen LogP) is 4.59. The van der Waals surface area contributed by atoms with Crippen molar-refractivity contribution >= 4 is 22.0 Å². The smallest absolute Gasteiger partial charge is 0.206 e. The fraction of sp³-hybridized carbons (Fsp3) is 0.0526. The van der Waals surface area contributed by atoms with Crippen molar-refractivity contribution in [3.8, 4) is 0 Å². The molecule has 0 amide bonds. The van der Waals surface area contributed by atoms with Crippen molar-refractivity contribution in [2.75, 3.05) is 0 Å². The summed E-state index contributed by atoms with van der Waals surface area (Å²) in [6.45, 7) is 1.93. The van der Waals surface area contributed by atoms with Gasteiger partial charge in [0, 0.05) is 0 Å². The lowest BCUT2D eigenvalue weighted by Crippen LogP contribution is -2.01. The Morgan fingerprint density at radius 3 is 2.00 bits per heavy atom. The SMILES string of the molecule is Cc1ccc(S(=O)(=O)c2ccc(/C=C/c3ccco3)cc2)cc1. The average Bonchev–Trinajstić information content (AvgIpc) is 3.07. The van der Waals surface area contributed by atoms with Gasteiger partial charge in [0.2, 0.25) is 9.84 Å². The molecule has 0 N–H and O–H groups in total. The first-order valence-electron chi connectivity index (χ1n) is 7.19. The highest BCUT2D eigenvalue weighted by Crippen LogP contribution is 2.22. The molecule has 0 saturated heterocycles. The van der Waals surface area contributed by atoms with Gasteiger partial charge in [-0.2, -0.15) is 0 Å². The van der Waals surface area contributed by atoms with E-state index in [9.17, 15) is 8.42 Å². The molecule has 0 saturated carbocycles. The molecule has 0 aliphatic rings. The number of hydrogen-bond acceptors (Lipinski definition) is 3. The van der Waals surface area contributed by atoms with Crippen LogP contribution in [-0.2, 0) is 9.84 Å². The second-order valence-corrected chi connectivity index (χ2v) is 7.18. The topological polar surface area (TPSA) is 47.3 Å². The summed E-state index contributed by atoms with van der Waals surface area (Å²) >= 11 is 0. The van der Waals surface area contributed by atoms with Crippen LogP contribution in [0.2, 0.25) is 0 Å². The second-order valence-electron chi connectivity index (χ2n) is 5.23. The molecule has 3 rings (SSSR count). The van der Waals surface area contributed by atoms with Crippen molar-refractivity contribution in [2.24, 2.45) is 0 Å². The molecule has 4 heteroatoms. The highest BCUT2D eigenvalue weighted by Gasteiger charge is 2.16. The van der Waals surface area contributed by atoms with E-state index in [0.717, 1.165) is 16.9 Å². The molecule has 3 aromatic rings. The zero-order chi connectivity index (χ0) is 16.3. The first kappa shape index (κ1) is 15.3. The Balaban J connectivity index is 1.85. The van der Waals surface area contributed by atoms with E-state index < -0.39 is 9.84 Å². The van der Waals surface area contributed by atoms with Gasteiger partial charge in [0.15, 0.2) is 0 Å². The molecular weight excluding hydrogens is 308 g/mol. The number of aryl methyl sites for hydroxylation is 1. The van der Waals surface area contributed by atoms with Crippen LogP contribution >= 0.6 is 0 Å². The third kappa shape index (κ3) is 3.43. The quantitative estimate of drug-likeness (QED) is 0.705. The van der Waals surface area contributed by atoms with E-state index in [0.29, 0.717) is 4.90 Å². The minimum atomic E-state index is -3.47. The van der Waals surface area contributed by atoms with Crippen LogP contribution in [0.1, 0.15) is 16.9 Å². The maximum absolute atomic E-state index is 12.6. The van der Waals surface area contributed by atoms with Gasteiger partial charge >= 0.3 is 0 Å². The lowest BCUT2D eigenvalue weighted by Gasteiger charge is -2.05. The van der Waals surface area contributed by atoms with E-state index in [1.54, 1.807) is 54.8 Å². The van der Waals surface area contributed by atoms with Gasteiger partial charge < -0.3 is 4.42 Å². The Hall–Kier alpha value is -2.59. The molecule has 0 bridgehead atoms. The lowest BCUT2D eigenvalue weighted by atomic mass is 10.2. The van der Waals surface area contributed by atoms with Gasteiger partial charge in [0.25, 0.3) is 0 Å². The summed E-state index contributed by atoms with van der Waals surface area (Å²) in [6.07, 6.45) is 5.32. The first-order valence-corrected chi connectivity index (χ1v) is 8.67. The molecule has 0 unspecified atom stereocenters. The molecule has 0 atom stereocenters. The monoisotopic (exact) mass is 324 g/mol. The standard InChI is InChI=1S/C19H16O3S/c1-15-4-10-18(11-5-15)23(20,21)19-12-7-16(8-13-19)6-9-17-3-2-14-22-17/h2-14H,1H3/b9-6+. The van der Waals surface area contributed by atoms with Gasteiger partial charge in [-0.15, -0.1) is 0 Å². The van der Waals surface area contributed by atoms with Crippen LogP contribution in [0, 0.1) is 6.92 Å². The molecular formula is C19H16O3S. The molecule has 0 spiro atoms. The summed E-state index contributed by atoms with van der Waals surface area (Å²) in [6, 6.07) is 17.3. The van der Waals surface area contributed by atoms with Crippen LogP contribution < -0.4 is 0 Å². The van der Waals surface area contributed by atoms with Crippen molar-refractivity contribution in [3.05, 3.63) is 83.8 Å². The molecule has 1 heterocycles. The maximum Gasteiger partial charge on any atom is 0.206 e. The average molecular weight is 324 g/mol. The molecule has 3 nitrogen and oxygen atoms in total. The lowest BCUT2D eigenvalue weighted by molar-refractivity contribution is 0.557. The number of furan rings is 1. The fourth-order valence-electron chi connectivity index (χ4n) is 2.18. The Kier molecular flexibility index (Phi) is 4.17. The highest BCUT2D eigenvalue weighted by molar-refractivity contribution is 7.91. The summed E-state index contributed by atoms with van der Waals surface area (Å²) in [4.78, 5) is 0.596. The Bertz CT molecular complexity index is 902. The van der Waals surface area contributed by atoms with Gasteiger partial charge in [0.05, 0.1) is 16.1 Å². The molecule has 0 aliphatic heterocycles. The molecule has 116 valence electrons. The Morgan fingerprint density at radius 1 is 0.826 bits per heavy atom. The molecule has 0 fully saturated rings. The third-order valence-corrected chi connectivity index (χ3v) is 5.29. The van der Waals surface area contributed by atoms with Crippen molar-refractivity contribution < 1.29 is 12.8 Å². The van der Waals surface area contributed by atoms with Crippen LogP contribution in [0.5, 0.6) is 0 Å². The molecule has 1 aromatic heterocycles. The molecule has 0 aliphatic carbocycles. The summed E-state index contributed by atoms with van der Waals surface area (Å²) < 4.78 is 30.4. The number of hydrogen-bond donors (Lipinski definition) is 0. The largest absolute Gasteiger partial charge is 0.465 e. The zero-order valence-electron chi connectivity index (χ0n) is 12.6. The molecule has 2 aromatic carbocycles. The van der Waals surface area contributed by atoms with E-state index in [4.69, 9.17) is 4.42 Å². The molecule has 0 radical (unpaired) electrons. The Labute approximate surface area is 135 Å². The van der Waals surface area contributed by atoms with Gasteiger partial charge in [0.1, 0.15) is 5.76 Å². The fourth-order valence-corrected chi connectivity index (χ4v) is 3.44. The van der Waals surface area contributed by atoms with E-state index in [-0.39, 0.29) is 4.90 Å². The van der Waals surface area contributed by atoms with Crippen LogP contribution in [-0.4, -0.2) is 8.42 Å². The van der Waals surface area contributed by atoms with E-state index in [2.05, 4.69) is 0 Å². The number of sulfone groups is 1. The van der Waals surface area contributed by atoms with Gasteiger partial charge in [-0.05, 0) is 55.0 Å². The molecule has 23 heavy (non-hydrogen) atoms. The van der Waals surface area contributed by atoms with Gasteiger partial charge in [-0.1, -0.05) is 35.9 Å². The van der Waals surface area contributed by atoms with Crippen LogP contribution in [0.4, 0.5) is 0 Å². The van der Waals surface area contributed by atoms with Crippen LogP contribution in [0.3, 0.4) is 0 Å². The summed E-state index contributed by atoms with van der Waals surface area (Å²) in [5.74, 6) is 0.751. The normalized spacial score (nSPS) is 11.9. The Morgan fingerprint density at radius 2 is 1.43 bits per heavy atom.